The summed E-state index contributed by atoms with van der Waals surface area (Å²) in [6, 6.07) is 3.47. The second-order valence-electron chi connectivity index (χ2n) is 3.68. The largest absolute Gasteiger partial charge is 0.396 e. The van der Waals surface area contributed by atoms with Gasteiger partial charge in [-0.1, -0.05) is 0 Å². The Kier molecular flexibility index (Phi) is 4.89. The van der Waals surface area contributed by atoms with E-state index in [0.29, 0.717) is 16.6 Å². The van der Waals surface area contributed by atoms with Crippen molar-refractivity contribution in [1.29, 1.82) is 0 Å². The van der Waals surface area contributed by atoms with Crippen LogP contribution in [0, 0.1) is 6.92 Å². The molecular weight excluding hydrogens is 272 g/mol. The quantitative estimate of drug-likeness (QED) is 0.828. The molecule has 2 N–H and O–H groups in total. The SMILES string of the molecule is Cc1ccc(C(=O)N[C@H](C)CCO)c(Br)n1. The lowest BCUT2D eigenvalue weighted by Crippen LogP contribution is -2.33. The van der Waals surface area contributed by atoms with Crippen molar-refractivity contribution in [2.45, 2.75) is 26.3 Å². The van der Waals surface area contributed by atoms with Crippen molar-refractivity contribution < 1.29 is 9.90 Å². The number of aromatic nitrogens is 1. The van der Waals surface area contributed by atoms with Gasteiger partial charge in [0.15, 0.2) is 0 Å². The molecule has 5 heteroatoms. The maximum Gasteiger partial charge on any atom is 0.254 e. The summed E-state index contributed by atoms with van der Waals surface area (Å²) in [6.07, 6.45) is 0.544. The minimum Gasteiger partial charge on any atom is -0.396 e. The molecule has 0 saturated heterocycles. The van der Waals surface area contributed by atoms with Crippen LogP contribution < -0.4 is 5.32 Å². The number of rotatable bonds is 4. The van der Waals surface area contributed by atoms with Crippen molar-refractivity contribution in [3.8, 4) is 0 Å². The molecule has 0 saturated carbocycles. The molecule has 4 nitrogen and oxygen atoms in total. The first-order chi connectivity index (χ1) is 7.54. The first-order valence-electron chi connectivity index (χ1n) is 5.09. The Labute approximate surface area is 103 Å². The minimum absolute atomic E-state index is 0.0503. The summed E-state index contributed by atoms with van der Waals surface area (Å²) in [7, 11) is 0. The Hall–Kier alpha value is -0.940. The van der Waals surface area contributed by atoms with E-state index < -0.39 is 0 Å². The molecule has 1 amide bonds. The van der Waals surface area contributed by atoms with Crippen molar-refractivity contribution in [2.24, 2.45) is 0 Å². The lowest BCUT2D eigenvalue weighted by Gasteiger charge is -2.13. The molecule has 88 valence electrons. The van der Waals surface area contributed by atoms with Gasteiger partial charge in [0.25, 0.3) is 5.91 Å². The van der Waals surface area contributed by atoms with Gasteiger partial charge in [0.2, 0.25) is 0 Å². The van der Waals surface area contributed by atoms with Gasteiger partial charge in [-0.15, -0.1) is 0 Å². The second-order valence-corrected chi connectivity index (χ2v) is 4.43. The molecule has 0 aliphatic rings. The molecule has 0 spiro atoms. The van der Waals surface area contributed by atoms with Gasteiger partial charge in [-0.2, -0.15) is 0 Å². The Morgan fingerprint density at radius 3 is 2.88 bits per heavy atom. The number of hydrogen-bond donors (Lipinski definition) is 2. The van der Waals surface area contributed by atoms with E-state index in [1.165, 1.54) is 0 Å². The molecule has 0 unspecified atom stereocenters. The van der Waals surface area contributed by atoms with Crippen LogP contribution in [0.5, 0.6) is 0 Å². The van der Waals surface area contributed by atoms with Crippen LogP contribution in [0.2, 0.25) is 0 Å². The smallest absolute Gasteiger partial charge is 0.254 e. The number of nitrogens with zero attached hydrogens (tertiary/aromatic N) is 1. The second kappa shape index (κ2) is 5.96. The molecule has 1 aromatic heterocycles. The fourth-order valence-corrected chi connectivity index (χ4v) is 1.85. The van der Waals surface area contributed by atoms with Gasteiger partial charge in [0, 0.05) is 18.3 Å². The van der Waals surface area contributed by atoms with E-state index in [2.05, 4.69) is 26.2 Å². The number of nitrogens with one attached hydrogen (secondary N) is 1. The topological polar surface area (TPSA) is 62.2 Å². The maximum atomic E-state index is 11.8. The van der Waals surface area contributed by atoms with Crippen molar-refractivity contribution >= 4 is 21.8 Å². The van der Waals surface area contributed by atoms with Crippen LogP contribution in [0.4, 0.5) is 0 Å². The summed E-state index contributed by atoms with van der Waals surface area (Å²) < 4.78 is 0.543. The van der Waals surface area contributed by atoms with E-state index in [4.69, 9.17) is 5.11 Å². The van der Waals surface area contributed by atoms with Crippen LogP contribution in [0.15, 0.2) is 16.7 Å². The first kappa shape index (κ1) is 13.1. The lowest BCUT2D eigenvalue weighted by atomic mass is 10.2. The lowest BCUT2D eigenvalue weighted by molar-refractivity contribution is 0.0933. The van der Waals surface area contributed by atoms with Crippen LogP contribution in [0.25, 0.3) is 0 Å². The molecule has 1 heterocycles. The summed E-state index contributed by atoms with van der Waals surface area (Å²) in [6.45, 7) is 3.78. The summed E-state index contributed by atoms with van der Waals surface area (Å²) in [5.74, 6) is -0.180. The van der Waals surface area contributed by atoms with Crippen LogP contribution in [-0.2, 0) is 0 Å². The number of halogens is 1. The third-order valence-electron chi connectivity index (χ3n) is 2.17. The number of pyridine rings is 1. The monoisotopic (exact) mass is 286 g/mol. The number of aryl methyl sites for hydroxylation is 1. The average Bonchev–Trinajstić information content (AvgIpc) is 2.17. The highest BCUT2D eigenvalue weighted by Crippen LogP contribution is 2.14. The van der Waals surface area contributed by atoms with Gasteiger partial charge in [-0.25, -0.2) is 4.98 Å². The molecule has 0 radical (unpaired) electrons. The Morgan fingerprint density at radius 1 is 1.62 bits per heavy atom. The average molecular weight is 287 g/mol. The van der Waals surface area contributed by atoms with Gasteiger partial charge in [-0.3, -0.25) is 4.79 Å². The summed E-state index contributed by atoms with van der Waals surface area (Å²) in [4.78, 5) is 16.0. The normalized spacial score (nSPS) is 12.2. The Morgan fingerprint density at radius 2 is 2.31 bits per heavy atom. The third-order valence-corrected chi connectivity index (χ3v) is 2.78. The van der Waals surface area contributed by atoms with Gasteiger partial charge in [-0.05, 0) is 48.3 Å². The van der Waals surface area contributed by atoms with Crippen LogP contribution in [-0.4, -0.2) is 28.6 Å². The Bertz CT molecular complexity index is 382. The molecule has 0 aromatic carbocycles. The number of carbonyl (C=O) groups excluding carboxylic acids is 1. The molecular formula is C11H15BrN2O2. The van der Waals surface area contributed by atoms with Crippen molar-refractivity contribution in [2.75, 3.05) is 6.61 Å². The first-order valence-corrected chi connectivity index (χ1v) is 5.88. The summed E-state index contributed by atoms with van der Waals surface area (Å²) in [5.41, 5.74) is 1.36. The van der Waals surface area contributed by atoms with Gasteiger partial charge < -0.3 is 10.4 Å². The zero-order valence-corrected chi connectivity index (χ0v) is 10.9. The zero-order valence-electron chi connectivity index (χ0n) is 9.33. The van der Waals surface area contributed by atoms with Gasteiger partial charge in [0.1, 0.15) is 4.60 Å². The molecule has 1 aromatic rings. The summed E-state index contributed by atoms with van der Waals surface area (Å²) >= 11 is 3.26. The van der Waals surface area contributed by atoms with E-state index in [0.717, 1.165) is 5.69 Å². The van der Waals surface area contributed by atoms with E-state index in [1.807, 2.05) is 13.8 Å². The number of aliphatic hydroxyl groups is 1. The van der Waals surface area contributed by atoms with Gasteiger partial charge in [0.05, 0.1) is 5.56 Å². The predicted octanol–water partition coefficient (Wildman–Crippen LogP) is 1.65. The predicted molar refractivity (Wildman–Crippen MR) is 65.3 cm³/mol. The number of amides is 1. The fraction of sp³-hybridized carbons (Fsp3) is 0.455. The molecule has 1 atom stereocenters. The Balaban J connectivity index is 2.73. The molecule has 0 fully saturated rings. The molecule has 1 rings (SSSR count). The van der Waals surface area contributed by atoms with E-state index in [9.17, 15) is 4.79 Å². The van der Waals surface area contributed by atoms with Crippen molar-refractivity contribution in [3.05, 3.63) is 28.0 Å². The zero-order chi connectivity index (χ0) is 12.1. The number of aliphatic hydroxyl groups excluding tert-OH is 1. The molecule has 0 bridgehead atoms. The van der Waals surface area contributed by atoms with Crippen molar-refractivity contribution in [1.82, 2.24) is 10.3 Å². The highest BCUT2D eigenvalue weighted by Gasteiger charge is 2.13. The third kappa shape index (κ3) is 3.57. The highest BCUT2D eigenvalue weighted by molar-refractivity contribution is 9.10. The van der Waals surface area contributed by atoms with Gasteiger partial charge >= 0.3 is 0 Å². The fourth-order valence-electron chi connectivity index (χ4n) is 1.26. The molecule has 16 heavy (non-hydrogen) atoms. The minimum atomic E-state index is -0.180. The number of carbonyl (C=O) groups is 1. The van der Waals surface area contributed by atoms with E-state index in [-0.39, 0.29) is 18.6 Å². The molecule has 0 aliphatic heterocycles. The molecule has 0 aliphatic carbocycles. The van der Waals surface area contributed by atoms with E-state index >= 15 is 0 Å². The van der Waals surface area contributed by atoms with Crippen LogP contribution in [0.1, 0.15) is 29.4 Å². The van der Waals surface area contributed by atoms with E-state index in [1.54, 1.807) is 12.1 Å². The standard InChI is InChI=1S/C11H15BrN2O2/c1-7-3-4-9(10(12)13-7)11(16)14-8(2)5-6-15/h3-4,8,15H,5-6H2,1-2H3,(H,14,16)/t8-/m1/s1. The maximum absolute atomic E-state index is 11.8. The summed E-state index contributed by atoms with van der Waals surface area (Å²) in [5, 5.41) is 11.5. The van der Waals surface area contributed by atoms with Crippen LogP contribution >= 0.6 is 15.9 Å². The van der Waals surface area contributed by atoms with Crippen LogP contribution in [0.3, 0.4) is 0 Å². The highest BCUT2D eigenvalue weighted by atomic mass is 79.9. The number of hydrogen-bond acceptors (Lipinski definition) is 3. The van der Waals surface area contributed by atoms with Crippen molar-refractivity contribution in [3.63, 3.8) is 0 Å².